The maximum absolute atomic E-state index is 5.86. The number of ether oxygens (including phenoxy) is 2. The highest BCUT2D eigenvalue weighted by atomic mass is 16.5. The van der Waals surface area contributed by atoms with E-state index in [1.165, 1.54) is 25.9 Å². The largest absolute Gasteiger partial charge is 0.378 e. The van der Waals surface area contributed by atoms with E-state index in [0.717, 1.165) is 25.7 Å². The van der Waals surface area contributed by atoms with E-state index in [-0.39, 0.29) is 5.60 Å². The van der Waals surface area contributed by atoms with Crippen LogP contribution in [0.4, 0.5) is 0 Å². The van der Waals surface area contributed by atoms with Gasteiger partial charge in [-0.15, -0.1) is 0 Å². The van der Waals surface area contributed by atoms with E-state index >= 15 is 0 Å². The summed E-state index contributed by atoms with van der Waals surface area (Å²) in [4.78, 5) is 2.58. The lowest BCUT2D eigenvalue weighted by molar-refractivity contribution is -0.0830. The van der Waals surface area contributed by atoms with Gasteiger partial charge < -0.3 is 9.47 Å². The summed E-state index contributed by atoms with van der Waals surface area (Å²) in [5.74, 6) is 0.761. The molecular formula is C13H25NO2. The molecule has 94 valence electrons. The van der Waals surface area contributed by atoms with Crippen molar-refractivity contribution < 1.29 is 9.47 Å². The molecule has 0 unspecified atom stereocenters. The van der Waals surface area contributed by atoms with Crippen LogP contribution >= 0.6 is 0 Å². The summed E-state index contributed by atoms with van der Waals surface area (Å²) in [5.41, 5.74) is 0.0128. The second-order valence-electron chi connectivity index (χ2n) is 6.09. The first-order chi connectivity index (χ1) is 7.54. The maximum atomic E-state index is 5.86. The van der Waals surface area contributed by atoms with Gasteiger partial charge in [0.2, 0.25) is 0 Å². The van der Waals surface area contributed by atoms with Crippen molar-refractivity contribution in [1.82, 2.24) is 4.90 Å². The van der Waals surface area contributed by atoms with Crippen LogP contribution in [0.1, 0.15) is 33.6 Å². The SMILES string of the molecule is CC(C)(C)OCC1CCN(C2COC2)CC1. The maximum Gasteiger partial charge on any atom is 0.0645 e. The zero-order chi connectivity index (χ0) is 11.6. The van der Waals surface area contributed by atoms with Crippen molar-refractivity contribution in [1.29, 1.82) is 0 Å². The van der Waals surface area contributed by atoms with Gasteiger partial charge in [-0.1, -0.05) is 0 Å². The third-order valence-electron chi connectivity index (χ3n) is 3.54. The Bertz CT molecular complexity index is 212. The van der Waals surface area contributed by atoms with Gasteiger partial charge in [-0.2, -0.15) is 0 Å². The third kappa shape index (κ3) is 3.44. The van der Waals surface area contributed by atoms with Gasteiger partial charge in [0.05, 0.1) is 31.5 Å². The number of hydrogen-bond donors (Lipinski definition) is 0. The van der Waals surface area contributed by atoms with E-state index in [1.54, 1.807) is 0 Å². The minimum atomic E-state index is 0.0128. The fourth-order valence-corrected chi connectivity index (χ4v) is 2.29. The summed E-state index contributed by atoms with van der Waals surface area (Å²) in [7, 11) is 0. The highest BCUT2D eigenvalue weighted by molar-refractivity contribution is 4.82. The number of rotatable bonds is 3. The summed E-state index contributed by atoms with van der Waals surface area (Å²) < 4.78 is 11.1. The van der Waals surface area contributed by atoms with Crippen molar-refractivity contribution in [2.24, 2.45) is 5.92 Å². The molecule has 3 heteroatoms. The van der Waals surface area contributed by atoms with Crippen molar-refractivity contribution >= 4 is 0 Å². The Morgan fingerprint density at radius 1 is 1.19 bits per heavy atom. The highest BCUT2D eigenvalue weighted by Gasteiger charge is 2.29. The monoisotopic (exact) mass is 227 g/mol. The van der Waals surface area contributed by atoms with Crippen molar-refractivity contribution in [3.8, 4) is 0 Å². The molecule has 16 heavy (non-hydrogen) atoms. The molecule has 2 rings (SSSR count). The highest BCUT2D eigenvalue weighted by Crippen LogP contribution is 2.23. The molecule has 0 radical (unpaired) electrons. The fourth-order valence-electron chi connectivity index (χ4n) is 2.29. The van der Waals surface area contributed by atoms with E-state index in [0.29, 0.717) is 6.04 Å². The second kappa shape index (κ2) is 5.03. The van der Waals surface area contributed by atoms with Crippen LogP contribution in [-0.2, 0) is 9.47 Å². The lowest BCUT2D eigenvalue weighted by Crippen LogP contribution is -2.52. The Hall–Kier alpha value is -0.120. The topological polar surface area (TPSA) is 21.7 Å². The van der Waals surface area contributed by atoms with Crippen LogP contribution in [0.5, 0.6) is 0 Å². The molecule has 0 spiro atoms. The predicted octanol–water partition coefficient (Wildman–Crippen LogP) is 1.91. The zero-order valence-electron chi connectivity index (χ0n) is 10.9. The van der Waals surface area contributed by atoms with Gasteiger partial charge in [-0.05, 0) is 52.6 Å². The molecule has 0 bridgehead atoms. The lowest BCUT2D eigenvalue weighted by Gasteiger charge is -2.41. The normalized spacial score (nSPS) is 25.7. The van der Waals surface area contributed by atoms with Gasteiger partial charge >= 0.3 is 0 Å². The molecule has 3 nitrogen and oxygen atoms in total. The van der Waals surface area contributed by atoms with E-state index < -0.39 is 0 Å². The number of likely N-dealkylation sites (tertiary alicyclic amines) is 1. The van der Waals surface area contributed by atoms with Crippen LogP contribution in [0.25, 0.3) is 0 Å². The van der Waals surface area contributed by atoms with Crippen LogP contribution in [0, 0.1) is 5.92 Å². The van der Waals surface area contributed by atoms with Crippen molar-refractivity contribution in [3.05, 3.63) is 0 Å². The average molecular weight is 227 g/mol. The molecule has 0 N–H and O–H groups in total. The molecule has 0 amide bonds. The van der Waals surface area contributed by atoms with Crippen LogP contribution in [-0.4, -0.2) is 49.5 Å². The first-order valence-electron chi connectivity index (χ1n) is 6.50. The van der Waals surface area contributed by atoms with Crippen LogP contribution in [0.15, 0.2) is 0 Å². The van der Waals surface area contributed by atoms with Gasteiger partial charge in [0.25, 0.3) is 0 Å². The Morgan fingerprint density at radius 3 is 2.25 bits per heavy atom. The van der Waals surface area contributed by atoms with Crippen LogP contribution in [0.2, 0.25) is 0 Å². The van der Waals surface area contributed by atoms with E-state index in [4.69, 9.17) is 9.47 Å². The van der Waals surface area contributed by atoms with Crippen molar-refractivity contribution in [2.75, 3.05) is 32.9 Å². The van der Waals surface area contributed by atoms with Crippen LogP contribution in [0.3, 0.4) is 0 Å². The molecule has 0 aromatic heterocycles. The predicted molar refractivity (Wildman–Crippen MR) is 64.6 cm³/mol. The first-order valence-corrected chi connectivity index (χ1v) is 6.50. The molecule has 0 aromatic rings. The number of nitrogens with zero attached hydrogens (tertiary/aromatic N) is 1. The molecule has 0 saturated carbocycles. The summed E-state index contributed by atoms with van der Waals surface area (Å²) in [6, 6.07) is 0.712. The Labute approximate surface area is 99.1 Å². The summed E-state index contributed by atoms with van der Waals surface area (Å²) in [5, 5.41) is 0. The molecule has 0 aromatic carbocycles. The molecule has 2 heterocycles. The molecule has 2 fully saturated rings. The average Bonchev–Trinajstić information content (AvgIpc) is 2.13. The van der Waals surface area contributed by atoms with Crippen LogP contribution < -0.4 is 0 Å². The Morgan fingerprint density at radius 2 is 1.81 bits per heavy atom. The lowest BCUT2D eigenvalue weighted by atomic mass is 9.96. The third-order valence-corrected chi connectivity index (χ3v) is 3.54. The van der Waals surface area contributed by atoms with E-state index in [1.807, 2.05) is 0 Å². The van der Waals surface area contributed by atoms with Crippen molar-refractivity contribution in [3.63, 3.8) is 0 Å². The van der Waals surface area contributed by atoms with Gasteiger partial charge in [0.15, 0.2) is 0 Å². The standard InChI is InChI=1S/C13H25NO2/c1-13(2,3)16-8-11-4-6-14(7-5-11)12-9-15-10-12/h11-12H,4-10H2,1-3H3. The smallest absolute Gasteiger partial charge is 0.0645 e. The van der Waals surface area contributed by atoms with Gasteiger partial charge in [-0.25, -0.2) is 0 Å². The summed E-state index contributed by atoms with van der Waals surface area (Å²) >= 11 is 0. The zero-order valence-corrected chi connectivity index (χ0v) is 10.9. The quantitative estimate of drug-likeness (QED) is 0.735. The van der Waals surface area contributed by atoms with Gasteiger partial charge in [-0.3, -0.25) is 4.90 Å². The number of hydrogen-bond acceptors (Lipinski definition) is 3. The molecule has 2 aliphatic heterocycles. The minimum absolute atomic E-state index is 0.0128. The molecule has 2 saturated heterocycles. The fraction of sp³-hybridized carbons (Fsp3) is 1.00. The molecule has 0 aliphatic carbocycles. The van der Waals surface area contributed by atoms with Crippen molar-refractivity contribution in [2.45, 2.75) is 45.3 Å². The Kier molecular flexibility index (Phi) is 3.88. The second-order valence-corrected chi connectivity index (χ2v) is 6.09. The molecule has 0 atom stereocenters. The van der Waals surface area contributed by atoms with E-state index in [2.05, 4.69) is 25.7 Å². The number of piperidine rings is 1. The summed E-state index contributed by atoms with van der Waals surface area (Å²) in [6.07, 6.45) is 2.57. The minimum Gasteiger partial charge on any atom is -0.378 e. The molecule has 2 aliphatic rings. The first kappa shape index (κ1) is 12.3. The van der Waals surface area contributed by atoms with Gasteiger partial charge in [0.1, 0.15) is 0 Å². The van der Waals surface area contributed by atoms with Gasteiger partial charge in [0, 0.05) is 0 Å². The van der Waals surface area contributed by atoms with E-state index in [9.17, 15) is 0 Å². The molecular weight excluding hydrogens is 202 g/mol. The summed E-state index contributed by atoms with van der Waals surface area (Å²) in [6.45, 7) is 11.7. The Balaban J connectivity index is 1.65.